The Hall–Kier alpha value is -2.71. The zero-order chi connectivity index (χ0) is 19.1. The molecule has 0 spiro atoms. The van der Waals surface area contributed by atoms with Gasteiger partial charge in [-0.25, -0.2) is 4.79 Å². The van der Waals surface area contributed by atoms with Crippen molar-refractivity contribution in [2.24, 2.45) is 0 Å². The van der Waals surface area contributed by atoms with Gasteiger partial charge >= 0.3 is 11.9 Å². The highest BCUT2D eigenvalue weighted by molar-refractivity contribution is 5.94. The van der Waals surface area contributed by atoms with Gasteiger partial charge < -0.3 is 19.8 Å². The summed E-state index contributed by atoms with van der Waals surface area (Å²) in [4.78, 5) is 42.4. The molecule has 2 aliphatic heterocycles. The monoisotopic (exact) mass is 362 g/mol. The summed E-state index contributed by atoms with van der Waals surface area (Å²) >= 11 is 0. The lowest BCUT2D eigenvalue weighted by atomic mass is 10.1. The van der Waals surface area contributed by atoms with Gasteiger partial charge in [-0.2, -0.15) is 0 Å². The number of carbonyl (C=O) groups is 2. The van der Waals surface area contributed by atoms with Crippen molar-refractivity contribution in [3.05, 3.63) is 28.4 Å². The van der Waals surface area contributed by atoms with Crippen molar-refractivity contribution in [3.63, 3.8) is 0 Å². The second kappa shape index (κ2) is 6.54. The molecule has 140 valence electrons. The second-order valence-electron chi connectivity index (χ2n) is 7.61. The lowest BCUT2D eigenvalue weighted by molar-refractivity contribution is -0.389. The number of hydrogen-bond donors (Lipinski definition) is 0. The number of anilines is 1. The first-order valence-electron chi connectivity index (χ1n) is 8.58. The molecule has 2 amide bonds. The van der Waals surface area contributed by atoms with E-state index in [9.17, 15) is 19.7 Å². The fourth-order valence-corrected chi connectivity index (χ4v) is 3.47. The smallest absolute Gasteiger partial charge is 0.410 e. The van der Waals surface area contributed by atoms with Gasteiger partial charge in [-0.3, -0.25) is 9.69 Å². The summed E-state index contributed by atoms with van der Waals surface area (Å²) in [7, 11) is 0. The molecule has 0 aromatic carbocycles. The standard InChI is InChI=1S/C17H22N4O5/c1-17(2,3)26-16(23)20-11-4-5-13(20)10-19(15(22)8-11)12-6-7-14(18-9-12)21(24)25/h6-7,9,11,13H,4-5,8,10H2,1-3H3/t11-,13+/m1/s1. The van der Waals surface area contributed by atoms with Gasteiger partial charge in [-0.05, 0) is 49.6 Å². The second-order valence-corrected chi connectivity index (χ2v) is 7.61. The Balaban J connectivity index is 1.81. The lowest BCUT2D eigenvalue weighted by Crippen LogP contribution is -2.45. The first-order chi connectivity index (χ1) is 12.2. The molecule has 2 bridgehead atoms. The molecule has 0 unspecified atom stereocenters. The van der Waals surface area contributed by atoms with Gasteiger partial charge in [0.15, 0.2) is 6.20 Å². The van der Waals surface area contributed by atoms with Crippen molar-refractivity contribution in [1.29, 1.82) is 0 Å². The van der Waals surface area contributed by atoms with Gasteiger partial charge in [-0.1, -0.05) is 0 Å². The number of carbonyl (C=O) groups excluding carboxylic acids is 2. The van der Waals surface area contributed by atoms with E-state index < -0.39 is 16.6 Å². The van der Waals surface area contributed by atoms with Crippen molar-refractivity contribution in [1.82, 2.24) is 9.88 Å². The maximum atomic E-state index is 12.7. The summed E-state index contributed by atoms with van der Waals surface area (Å²) in [5.41, 5.74) is -0.105. The summed E-state index contributed by atoms with van der Waals surface area (Å²) in [6.45, 7) is 5.76. The molecule has 0 aliphatic carbocycles. The molecule has 3 heterocycles. The number of fused-ring (bicyclic) bond motifs is 2. The first-order valence-corrected chi connectivity index (χ1v) is 8.58. The van der Waals surface area contributed by atoms with Crippen LogP contribution in [0, 0.1) is 10.1 Å². The van der Waals surface area contributed by atoms with Gasteiger partial charge in [-0.15, -0.1) is 0 Å². The minimum Gasteiger partial charge on any atom is -0.444 e. The third-order valence-electron chi connectivity index (χ3n) is 4.56. The molecular formula is C17H22N4O5. The molecule has 2 saturated heterocycles. The van der Waals surface area contributed by atoms with Gasteiger partial charge in [0.05, 0.1) is 11.7 Å². The van der Waals surface area contributed by atoms with E-state index in [0.29, 0.717) is 12.2 Å². The zero-order valence-electron chi connectivity index (χ0n) is 15.0. The van der Waals surface area contributed by atoms with Crippen LogP contribution < -0.4 is 4.90 Å². The number of amides is 2. The number of nitro groups is 1. The van der Waals surface area contributed by atoms with Crippen LogP contribution in [-0.2, 0) is 9.53 Å². The van der Waals surface area contributed by atoms with Crippen LogP contribution in [0.3, 0.4) is 0 Å². The molecule has 0 saturated carbocycles. The maximum Gasteiger partial charge on any atom is 0.410 e. The highest BCUT2D eigenvalue weighted by Gasteiger charge is 2.44. The summed E-state index contributed by atoms with van der Waals surface area (Å²) < 4.78 is 5.50. The van der Waals surface area contributed by atoms with Gasteiger partial charge in [0.25, 0.3) is 0 Å². The van der Waals surface area contributed by atoms with Crippen molar-refractivity contribution < 1.29 is 19.2 Å². The van der Waals surface area contributed by atoms with Crippen LogP contribution in [0.4, 0.5) is 16.3 Å². The third-order valence-corrected chi connectivity index (χ3v) is 4.56. The number of pyridine rings is 1. The van der Waals surface area contributed by atoms with Crippen LogP contribution >= 0.6 is 0 Å². The average molecular weight is 362 g/mol. The Labute approximate surface area is 151 Å². The van der Waals surface area contributed by atoms with E-state index in [1.54, 1.807) is 9.80 Å². The molecule has 9 nitrogen and oxygen atoms in total. The fourth-order valence-electron chi connectivity index (χ4n) is 3.47. The zero-order valence-corrected chi connectivity index (χ0v) is 15.0. The number of aromatic nitrogens is 1. The molecule has 2 atom stereocenters. The normalized spacial score (nSPS) is 23.0. The van der Waals surface area contributed by atoms with Crippen molar-refractivity contribution >= 4 is 23.5 Å². The third kappa shape index (κ3) is 3.61. The summed E-state index contributed by atoms with van der Waals surface area (Å²) in [5.74, 6) is -0.394. The Morgan fingerprint density at radius 2 is 2.00 bits per heavy atom. The van der Waals surface area contributed by atoms with Crippen LogP contribution in [0.1, 0.15) is 40.0 Å². The molecule has 1 aromatic rings. The molecule has 0 radical (unpaired) electrons. The number of ether oxygens (including phenoxy) is 1. The predicted molar refractivity (Wildman–Crippen MR) is 92.7 cm³/mol. The minimum absolute atomic E-state index is 0.124. The first kappa shape index (κ1) is 18.1. The van der Waals surface area contributed by atoms with Gasteiger partial charge in [0.2, 0.25) is 5.91 Å². The van der Waals surface area contributed by atoms with Crippen molar-refractivity contribution in [3.8, 4) is 0 Å². The fraction of sp³-hybridized carbons (Fsp3) is 0.588. The summed E-state index contributed by atoms with van der Waals surface area (Å²) in [6, 6.07) is 2.46. The summed E-state index contributed by atoms with van der Waals surface area (Å²) in [5, 5.41) is 10.7. The van der Waals surface area contributed by atoms with Crippen molar-refractivity contribution in [2.75, 3.05) is 11.4 Å². The predicted octanol–water partition coefficient (Wildman–Crippen LogP) is 2.49. The van der Waals surface area contributed by atoms with Gasteiger partial charge in [0.1, 0.15) is 5.60 Å². The Morgan fingerprint density at radius 3 is 2.58 bits per heavy atom. The van der Waals surface area contributed by atoms with Crippen LogP contribution in [0.5, 0.6) is 0 Å². The van der Waals surface area contributed by atoms with E-state index in [1.807, 2.05) is 20.8 Å². The van der Waals surface area contributed by atoms with Crippen molar-refractivity contribution in [2.45, 2.75) is 57.7 Å². The number of rotatable bonds is 2. The van der Waals surface area contributed by atoms with Crippen LogP contribution in [0.15, 0.2) is 18.3 Å². The largest absolute Gasteiger partial charge is 0.444 e. The van der Waals surface area contributed by atoms with E-state index in [-0.39, 0.29) is 30.2 Å². The van der Waals surface area contributed by atoms with E-state index >= 15 is 0 Å². The lowest BCUT2D eigenvalue weighted by Gasteiger charge is -2.31. The Kier molecular flexibility index (Phi) is 4.55. The number of hydrogen-bond acceptors (Lipinski definition) is 6. The molecular weight excluding hydrogens is 340 g/mol. The SMILES string of the molecule is CC(C)(C)OC(=O)N1[C@@H]2CC[C@H]1CN(c1ccc([N+](=O)[O-])nc1)C(=O)C2. The quantitative estimate of drug-likeness (QED) is 0.591. The molecule has 26 heavy (non-hydrogen) atoms. The van der Waals surface area contributed by atoms with E-state index in [1.165, 1.54) is 18.3 Å². The minimum atomic E-state index is -0.602. The average Bonchev–Trinajstić information content (AvgIpc) is 2.85. The maximum absolute atomic E-state index is 12.7. The van der Waals surface area contributed by atoms with E-state index in [0.717, 1.165) is 12.8 Å². The topological polar surface area (TPSA) is 106 Å². The highest BCUT2D eigenvalue weighted by atomic mass is 16.6. The van der Waals surface area contributed by atoms with Crippen LogP contribution in [0.25, 0.3) is 0 Å². The van der Waals surface area contributed by atoms with E-state index in [4.69, 9.17) is 4.74 Å². The summed E-state index contributed by atoms with van der Waals surface area (Å²) in [6.07, 6.45) is 2.68. The highest BCUT2D eigenvalue weighted by Crippen LogP contribution is 2.34. The molecule has 2 fully saturated rings. The molecule has 3 rings (SSSR count). The molecule has 2 aliphatic rings. The molecule has 1 aromatic heterocycles. The number of nitrogens with zero attached hydrogens (tertiary/aromatic N) is 4. The Bertz CT molecular complexity index is 728. The Morgan fingerprint density at radius 1 is 1.31 bits per heavy atom. The molecule has 9 heteroatoms. The van der Waals surface area contributed by atoms with Gasteiger partial charge in [0, 0.05) is 25.1 Å². The van der Waals surface area contributed by atoms with E-state index in [2.05, 4.69) is 4.98 Å². The van der Waals surface area contributed by atoms with Crippen LogP contribution in [0.2, 0.25) is 0 Å². The molecule has 0 N–H and O–H groups in total. The van der Waals surface area contributed by atoms with Crippen LogP contribution in [-0.4, -0.2) is 51.0 Å².